The molecule has 3 aromatic rings. The van der Waals surface area contributed by atoms with Crippen LogP contribution in [0.2, 0.25) is 0 Å². The van der Waals surface area contributed by atoms with E-state index < -0.39 is 29.5 Å². The second kappa shape index (κ2) is 9.37. The molecule has 0 aliphatic heterocycles. The van der Waals surface area contributed by atoms with E-state index in [-0.39, 0.29) is 35.1 Å². The number of aromatic nitrogens is 3. The Labute approximate surface area is 178 Å². The van der Waals surface area contributed by atoms with Gasteiger partial charge in [-0.15, -0.1) is 0 Å². The van der Waals surface area contributed by atoms with Gasteiger partial charge in [-0.25, -0.2) is 19.2 Å². The average molecular weight is 448 g/mol. The minimum atomic E-state index is -4.71. The highest BCUT2D eigenvalue weighted by Gasteiger charge is 2.32. The van der Waals surface area contributed by atoms with Crippen molar-refractivity contribution in [2.24, 2.45) is 4.99 Å². The Balaban J connectivity index is 2.06. The fraction of sp³-hybridized carbons (Fsp3) is 0.150. The number of carbonyl (C=O) groups is 1. The van der Waals surface area contributed by atoms with Gasteiger partial charge in [-0.05, 0) is 31.2 Å². The number of H-pyrrole nitrogens is 1. The van der Waals surface area contributed by atoms with Gasteiger partial charge in [0, 0.05) is 12.4 Å². The normalized spacial score (nSPS) is 11.8. The number of hydrogen-bond acceptors (Lipinski definition) is 5. The molecular weight excluding hydrogens is 432 g/mol. The zero-order chi connectivity index (χ0) is 23.3. The molecule has 3 aromatic heterocycles. The first-order valence-corrected chi connectivity index (χ1v) is 9.14. The molecule has 3 N–H and O–H groups in total. The molecule has 0 spiro atoms. The second-order valence-corrected chi connectivity index (χ2v) is 6.18. The largest absolute Gasteiger partial charge is 0.462 e. The Hall–Kier alpha value is -4.09. The van der Waals surface area contributed by atoms with Gasteiger partial charge in [-0.3, -0.25) is 10.4 Å². The lowest BCUT2D eigenvalue weighted by molar-refractivity contribution is -0.141. The van der Waals surface area contributed by atoms with Gasteiger partial charge in [0.05, 0.1) is 29.7 Å². The first-order valence-electron chi connectivity index (χ1n) is 9.14. The SMILES string of the molecule is CCOC(=O)c1cc[nH]c1/C(=N\C(=N)c1cccc(C(F)(F)F)n1)Nc1ccncc1F. The number of aliphatic imine (C=N–C) groups is 1. The van der Waals surface area contributed by atoms with Crippen molar-refractivity contribution in [1.29, 1.82) is 5.41 Å². The minimum absolute atomic E-state index is 0.0253. The van der Waals surface area contributed by atoms with Gasteiger partial charge < -0.3 is 15.0 Å². The molecule has 0 aromatic carbocycles. The predicted molar refractivity (Wildman–Crippen MR) is 107 cm³/mol. The van der Waals surface area contributed by atoms with E-state index in [2.05, 4.69) is 25.3 Å². The number of esters is 1. The van der Waals surface area contributed by atoms with Crippen LogP contribution in [0.1, 0.15) is 34.4 Å². The Morgan fingerprint density at radius 3 is 2.75 bits per heavy atom. The molecule has 0 saturated heterocycles. The Bertz CT molecular complexity index is 1170. The summed E-state index contributed by atoms with van der Waals surface area (Å²) in [7, 11) is 0. The smallest absolute Gasteiger partial charge is 0.433 e. The van der Waals surface area contributed by atoms with E-state index in [1.807, 2.05) is 0 Å². The third-order valence-electron chi connectivity index (χ3n) is 4.01. The topological polar surface area (TPSA) is 116 Å². The fourth-order valence-electron chi connectivity index (χ4n) is 2.59. The van der Waals surface area contributed by atoms with Gasteiger partial charge in [0.1, 0.15) is 11.4 Å². The molecule has 3 rings (SSSR count). The lowest BCUT2D eigenvalue weighted by Gasteiger charge is -2.12. The fourth-order valence-corrected chi connectivity index (χ4v) is 2.59. The van der Waals surface area contributed by atoms with Crippen LogP contribution in [0.5, 0.6) is 0 Å². The van der Waals surface area contributed by atoms with E-state index in [0.717, 1.165) is 18.3 Å². The first-order chi connectivity index (χ1) is 15.2. The number of nitrogens with one attached hydrogen (secondary N) is 3. The molecule has 0 saturated carbocycles. The third-order valence-corrected chi connectivity index (χ3v) is 4.01. The molecule has 0 radical (unpaired) electrons. The maximum Gasteiger partial charge on any atom is 0.433 e. The monoisotopic (exact) mass is 448 g/mol. The van der Waals surface area contributed by atoms with Crippen LogP contribution in [-0.4, -0.2) is 39.2 Å². The lowest BCUT2D eigenvalue weighted by atomic mass is 10.2. The lowest BCUT2D eigenvalue weighted by Crippen LogP contribution is -2.21. The van der Waals surface area contributed by atoms with Gasteiger partial charge in [0.2, 0.25) is 0 Å². The zero-order valence-electron chi connectivity index (χ0n) is 16.5. The van der Waals surface area contributed by atoms with Crippen molar-refractivity contribution in [3.63, 3.8) is 0 Å². The maximum atomic E-state index is 14.1. The first kappa shape index (κ1) is 22.6. The van der Waals surface area contributed by atoms with Crippen molar-refractivity contribution < 1.29 is 27.1 Å². The number of ether oxygens (including phenoxy) is 1. The van der Waals surface area contributed by atoms with Crippen LogP contribution < -0.4 is 5.32 Å². The number of pyridine rings is 2. The van der Waals surface area contributed by atoms with Crippen molar-refractivity contribution in [3.8, 4) is 0 Å². The number of hydrogen-bond donors (Lipinski definition) is 3. The Morgan fingerprint density at radius 1 is 1.28 bits per heavy atom. The van der Waals surface area contributed by atoms with E-state index >= 15 is 0 Å². The molecule has 3 heterocycles. The van der Waals surface area contributed by atoms with Crippen molar-refractivity contribution >= 4 is 23.3 Å². The number of alkyl halides is 3. The third kappa shape index (κ3) is 5.14. The summed E-state index contributed by atoms with van der Waals surface area (Å²) in [6.07, 6.45) is -1.09. The van der Waals surface area contributed by atoms with E-state index in [1.165, 1.54) is 30.6 Å². The van der Waals surface area contributed by atoms with Crippen LogP contribution in [-0.2, 0) is 10.9 Å². The summed E-state index contributed by atoms with van der Waals surface area (Å²) < 4.78 is 58.1. The number of halogens is 4. The van der Waals surface area contributed by atoms with Gasteiger partial charge in [-0.2, -0.15) is 13.2 Å². The van der Waals surface area contributed by atoms with E-state index in [0.29, 0.717) is 0 Å². The molecule has 0 fully saturated rings. The molecule has 32 heavy (non-hydrogen) atoms. The summed E-state index contributed by atoms with van der Waals surface area (Å²) in [6.45, 7) is 1.70. The molecule has 0 bridgehead atoms. The highest BCUT2D eigenvalue weighted by molar-refractivity contribution is 6.18. The number of carbonyl (C=O) groups excluding carboxylic acids is 1. The van der Waals surface area contributed by atoms with Crippen LogP contribution in [0.15, 0.2) is 53.9 Å². The van der Waals surface area contributed by atoms with Crippen molar-refractivity contribution in [3.05, 3.63) is 77.4 Å². The van der Waals surface area contributed by atoms with Crippen LogP contribution in [0, 0.1) is 11.2 Å². The number of amidine groups is 2. The Morgan fingerprint density at radius 2 is 2.06 bits per heavy atom. The molecular formula is C20H16F4N6O2. The number of nitrogens with zero attached hydrogens (tertiary/aromatic N) is 3. The molecule has 8 nitrogen and oxygen atoms in total. The molecule has 12 heteroatoms. The molecule has 0 aliphatic rings. The molecule has 0 aliphatic carbocycles. The number of rotatable bonds is 5. The van der Waals surface area contributed by atoms with Gasteiger partial charge in [0.15, 0.2) is 17.5 Å². The van der Waals surface area contributed by atoms with Crippen LogP contribution in [0.4, 0.5) is 23.2 Å². The van der Waals surface area contributed by atoms with Crippen LogP contribution >= 0.6 is 0 Å². The van der Waals surface area contributed by atoms with Crippen LogP contribution in [0.3, 0.4) is 0 Å². The zero-order valence-corrected chi connectivity index (χ0v) is 16.5. The standard InChI is InChI=1S/C20H16F4N6O2/c1-2-32-19(31)11-6-9-27-16(11)18(29-13-7-8-26-10-12(13)21)30-17(25)14-4-3-5-15(28-14)20(22,23)24/h3-10,27H,2H2,1H3,(H2,25,26,29,30). The number of aromatic amines is 1. The minimum Gasteiger partial charge on any atom is -0.462 e. The van der Waals surface area contributed by atoms with Crippen molar-refractivity contribution in [2.75, 3.05) is 11.9 Å². The summed E-state index contributed by atoms with van der Waals surface area (Å²) in [5.41, 5.74) is -1.60. The van der Waals surface area contributed by atoms with E-state index in [4.69, 9.17) is 10.1 Å². The van der Waals surface area contributed by atoms with Gasteiger partial charge >= 0.3 is 12.1 Å². The summed E-state index contributed by atoms with van der Waals surface area (Å²) in [5, 5.41) is 10.8. The summed E-state index contributed by atoms with van der Waals surface area (Å²) in [4.78, 5) is 26.0. The van der Waals surface area contributed by atoms with Crippen molar-refractivity contribution in [1.82, 2.24) is 15.0 Å². The molecule has 166 valence electrons. The predicted octanol–water partition coefficient (Wildman–Crippen LogP) is 4.02. The maximum absolute atomic E-state index is 14.1. The second-order valence-electron chi connectivity index (χ2n) is 6.18. The molecule has 0 amide bonds. The quantitative estimate of drug-likeness (QED) is 0.236. The van der Waals surface area contributed by atoms with Gasteiger partial charge in [0.25, 0.3) is 0 Å². The Kier molecular flexibility index (Phi) is 6.61. The summed E-state index contributed by atoms with van der Waals surface area (Å²) in [5.74, 6) is -2.34. The van der Waals surface area contributed by atoms with E-state index in [9.17, 15) is 22.4 Å². The summed E-state index contributed by atoms with van der Waals surface area (Å²) in [6, 6.07) is 5.69. The molecule has 0 unspecified atom stereocenters. The van der Waals surface area contributed by atoms with Gasteiger partial charge in [-0.1, -0.05) is 6.07 Å². The highest BCUT2D eigenvalue weighted by atomic mass is 19.4. The van der Waals surface area contributed by atoms with Crippen LogP contribution in [0.25, 0.3) is 0 Å². The average Bonchev–Trinajstić information content (AvgIpc) is 3.24. The summed E-state index contributed by atoms with van der Waals surface area (Å²) >= 11 is 0. The van der Waals surface area contributed by atoms with E-state index in [1.54, 1.807) is 6.92 Å². The molecule has 0 atom stereocenters. The van der Waals surface area contributed by atoms with Crippen molar-refractivity contribution in [2.45, 2.75) is 13.1 Å². The highest BCUT2D eigenvalue weighted by Crippen LogP contribution is 2.27. The number of anilines is 1.